The molecule has 0 N–H and O–H groups in total. The van der Waals surface area contributed by atoms with Crippen molar-refractivity contribution in [3.63, 3.8) is 0 Å². The van der Waals surface area contributed by atoms with Crippen LogP contribution in [0.1, 0.15) is 48.4 Å². The van der Waals surface area contributed by atoms with Crippen molar-refractivity contribution in [1.29, 1.82) is 0 Å². The van der Waals surface area contributed by atoms with Gasteiger partial charge in [0.25, 0.3) is 0 Å². The summed E-state index contributed by atoms with van der Waals surface area (Å²) < 4.78 is 15.2. The molecule has 33 heavy (non-hydrogen) atoms. The summed E-state index contributed by atoms with van der Waals surface area (Å²) in [6, 6.07) is 26.5. The van der Waals surface area contributed by atoms with Gasteiger partial charge in [0, 0.05) is 10.9 Å². The van der Waals surface area contributed by atoms with Crippen molar-refractivity contribution in [3.05, 3.63) is 120 Å². The van der Waals surface area contributed by atoms with E-state index in [4.69, 9.17) is 0 Å². The number of unbranched alkanes of at least 4 members (excludes halogenated alkanes) is 1. The number of benzene rings is 4. The molecule has 0 saturated heterocycles. The molecule has 0 heterocycles. The highest BCUT2D eigenvalue weighted by atomic mass is 19.1. The van der Waals surface area contributed by atoms with Gasteiger partial charge in [-0.2, -0.15) is 0 Å². The van der Waals surface area contributed by atoms with E-state index in [0.717, 1.165) is 41.3 Å². The lowest BCUT2D eigenvalue weighted by atomic mass is 9.98. The van der Waals surface area contributed by atoms with Crippen LogP contribution in [0.2, 0.25) is 0 Å². The first-order chi connectivity index (χ1) is 16.2. The second-order valence-corrected chi connectivity index (χ2v) is 8.44. The third-order valence-corrected chi connectivity index (χ3v) is 5.99. The molecular weight excluding hydrogens is 403 g/mol. The molecule has 0 saturated carbocycles. The van der Waals surface area contributed by atoms with E-state index in [1.807, 2.05) is 42.5 Å². The highest BCUT2D eigenvalue weighted by molar-refractivity contribution is 5.89. The van der Waals surface area contributed by atoms with E-state index in [-0.39, 0.29) is 5.82 Å². The molecule has 0 atom stereocenters. The largest absolute Gasteiger partial charge is 0.205 e. The van der Waals surface area contributed by atoms with Crippen LogP contribution in [0.5, 0.6) is 0 Å². The van der Waals surface area contributed by atoms with Crippen molar-refractivity contribution in [2.24, 2.45) is 0 Å². The van der Waals surface area contributed by atoms with Gasteiger partial charge in [0.1, 0.15) is 5.82 Å². The van der Waals surface area contributed by atoms with Gasteiger partial charge in [0.2, 0.25) is 0 Å². The number of halogens is 1. The molecule has 0 nitrogen and oxygen atoms in total. The van der Waals surface area contributed by atoms with E-state index in [1.54, 1.807) is 6.07 Å². The maximum absolute atomic E-state index is 15.2. The van der Waals surface area contributed by atoms with Crippen LogP contribution in [-0.2, 0) is 12.8 Å². The summed E-state index contributed by atoms with van der Waals surface area (Å²) in [6.07, 6.45) is 7.38. The SMILES string of the molecule is C=CCCc1ccc(-c2ccc3c(F)c(C#Cc4ccc(CCCC)cc4)ccc3c2)cc1. The van der Waals surface area contributed by atoms with E-state index in [9.17, 15) is 0 Å². The number of aryl methyl sites for hydroxylation is 2. The molecular formula is C32H29F. The minimum atomic E-state index is -0.258. The van der Waals surface area contributed by atoms with Crippen LogP contribution in [0.3, 0.4) is 0 Å². The minimum absolute atomic E-state index is 0.258. The molecule has 1 heteroatoms. The minimum Gasteiger partial charge on any atom is -0.205 e. The standard InChI is InChI=1S/C32H29F/c1-3-5-7-24-9-11-26(12-10-24)15-18-28-19-20-30-23-29(21-22-31(30)32(28)33)27-16-13-25(14-17-27)8-6-4-2/h4,9-14,16-17,19-23H,2-3,5-8H2,1H3. The molecule has 4 rings (SSSR count). The molecule has 0 unspecified atom stereocenters. The summed E-state index contributed by atoms with van der Waals surface area (Å²) in [5, 5.41) is 1.48. The van der Waals surface area contributed by atoms with Gasteiger partial charge in [-0.1, -0.05) is 85.9 Å². The number of fused-ring (bicyclic) bond motifs is 1. The van der Waals surface area contributed by atoms with Crippen LogP contribution >= 0.6 is 0 Å². The predicted molar refractivity (Wildman–Crippen MR) is 139 cm³/mol. The van der Waals surface area contributed by atoms with E-state index < -0.39 is 0 Å². The molecule has 0 amide bonds. The summed E-state index contributed by atoms with van der Waals surface area (Å²) in [4.78, 5) is 0. The third kappa shape index (κ3) is 5.60. The van der Waals surface area contributed by atoms with Crippen molar-refractivity contribution in [1.82, 2.24) is 0 Å². The fourth-order valence-corrected chi connectivity index (χ4v) is 3.98. The van der Waals surface area contributed by atoms with Crippen LogP contribution in [0.4, 0.5) is 4.39 Å². The molecule has 0 fully saturated rings. The van der Waals surface area contributed by atoms with Crippen LogP contribution in [0.25, 0.3) is 21.9 Å². The molecule has 0 aliphatic heterocycles. The number of hydrogen-bond donors (Lipinski definition) is 0. The van der Waals surface area contributed by atoms with E-state index in [2.05, 4.69) is 61.7 Å². The lowest BCUT2D eigenvalue weighted by Gasteiger charge is -2.07. The normalized spacial score (nSPS) is 10.6. The van der Waals surface area contributed by atoms with Crippen molar-refractivity contribution in [3.8, 4) is 23.0 Å². The molecule has 0 spiro atoms. The van der Waals surface area contributed by atoms with Crippen molar-refractivity contribution >= 4 is 10.8 Å². The summed E-state index contributed by atoms with van der Waals surface area (Å²) in [5.41, 5.74) is 6.16. The molecule has 0 bridgehead atoms. The Morgan fingerprint density at radius 3 is 2.21 bits per heavy atom. The number of allylic oxidation sites excluding steroid dienone is 1. The van der Waals surface area contributed by atoms with Gasteiger partial charge in [-0.05, 0) is 77.6 Å². The van der Waals surface area contributed by atoms with Gasteiger partial charge >= 0.3 is 0 Å². The molecule has 0 aliphatic rings. The maximum atomic E-state index is 15.2. The molecule has 0 aromatic heterocycles. The number of rotatable bonds is 7. The van der Waals surface area contributed by atoms with Crippen LogP contribution in [0.15, 0.2) is 91.5 Å². The molecule has 4 aromatic carbocycles. The van der Waals surface area contributed by atoms with Crippen molar-refractivity contribution in [2.45, 2.75) is 39.0 Å². The first-order valence-corrected chi connectivity index (χ1v) is 11.7. The van der Waals surface area contributed by atoms with Gasteiger partial charge in [0.05, 0.1) is 5.56 Å². The molecule has 0 aliphatic carbocycles. The topological polar surface area (TPSA) is 0 Å². The Kier molecular flexibility index (Phi) is 7.38. The zero-order chi connectivity index (χ0) is 23.0. The Bertz CT molecular complexity index is 1300. The lowest BCUT2D eigenvalue weighted by Crippen LogP contribution is -1.89. The second kappa shape index (κ2) is 10.8. The summed E-state index contributed by atoms with van der Waals surface area (Å²) in [6.45, 7) is 5.98. The van der Waals surface area contributed by atoms with E-state index in [0.29, 0.717) is 10.9 Å². The Hall–Kier alpha value is -3.63. The van der Waals surface area contributed by atoms with Gasteiger partial charge in [0.15, 0.2) is 0 Å². The quantitative estimate of drug-likeness (QED) is 0.203. The Morgan fingerprint density at radius 1 is 0.788 bits per heavy atom. The van der Waals surface area contributed by atoms with Gasteiger partial charge < -0.3 is 0 Å². The smallest absolute Gasteiger partial charge is 0.146 e. The molecule has 4 aromatic rings. The zero-order valence-corrected chi connectivity index (χ0v) is 19.2. The fraction of sp³-hybridized carbons (Fsp3) is 0.188. The predicted octanol–water partition coefficient (Wildman–Crippen LogP) is 8.51. The van der Waals surface area contributed by atoms with Gasteiger partial charge in [-0.15, -0.1) is 6.58 Å². The average Bonchev–Trinajstić information content (AvgIpc) is 2.86. The Labute approximate surface area is 196 Å². The van der Waals surface area contributed by atoms with Crippen LogP contribution in [0, 0.1) is 17.7 Å². The fourth-order valence-electron chi connectivity index (χ4n) is 3.98. The number of hydrogen-bond acceptors (Lipinski definition) is 0. The average molecular weight is 433 g/mol. The third-order valence-electron chi connectivity index (χ3n) is 5.99. The van der Waals surface area contributed by atoms with Crippen molar-refractivity contribution < 1.29 is 4.39 Å². The summed E-state index contributed by atoms with van der Waals surface area (Å²) >= 11 is 0. The second-order valence-electron chi connectivity index (χ2n) is 8.44. The highest BCUT2D eigenvalue weighted by Crippen LogP contribution is 2.28. The van der Waals surface area contributed by atoms with Gasteiger partial charge in [-0.25, -0.2) is 4.39 Å². The van der Waals surface area contributed by atoms with Crippen molar-refractivity contribution in [2.75, 3.05) is 0 Å². The molecule has 0 radical (unpaired) electrons. The first kappa shape index (κ1) is 22.6. The van der Waals surface area contributed by atoms with E-state index >= 15 is 4.39 Å². The zero-order valence-electron chi connectivity index (χ0n) is 19.2. The summed E-state index contributed by atoms with van der Waals surface area (Å²) in [7, 11) is 0. The van der Waals surface area contributed by atoms with Crippen LogP contribution in [-0.4, -0.2) is 0 Å². The summed E-state index contributed by atoms with van der Waals surface area (Å²) in [5.74, 6) is 5.87. The van der Waals surface area contributed by atoms with Crippen LogP contribution < -0.4 is 0 Å². The Morgan fingerprint density at radius 2 is 1.48 bits per heavy atom. The van der Waals surface area contributed by atoms with E-state index in [1.165, 1.54) is 24.0 Å². The molecule has 164 valence electrons. The lowest BCUT2D eigenvalue weighted by molar-refractivity contribution is 0.636. The maximum Gasteiger partial charge on any atom is 0.146 e. The highest BCUT2D eigenvalue weighted by Gasteiger charge is 2.08. The monoisotopic (exact) mass is 432 g/mol. The first-order valence-electron chi connectivity index (χ1n) is 11.7. The Balaban J connectivity index is 1.55. The van der Waals surface area contributed by atoms with Gasteiger partial charge in [-0.3, -0.25) is 0 Å².